The number of nitrogens with zero attached hydrogens (tertiary/aromatic N) is 3. The lowest BCUT2D eigenvalue weighted by atomic mass is 10.1. The molecule has 1 atom stereocenters. The number of benzene rings is 1. The highest BCUT2D eigenvalue weighted by Gasteiger charge is 2.24. The first-order valence-electron chi connectivity index (χ1n) is 8.54. The van der Waals surface area contributed by atoms with Gasteiger partial charge in [0.25, 0.3) is 5.91 Å². The molecule has 4 nitrogen and oxygen atoms in total. The molecular formula is C19H25N3OS. The van der Waals surface area contributed by atoms with E-state index in [1.807, 2.05) is 23.4 Å². The molecule has 0 aliphatic carbocycles. The third-order valence-corrected chi connectivity index (χ3v) is 5.52. The van der Waals surface area contributed by atoms with Gasteiger partial charge in [0.15, 0.2) is 0 Å². The zero-order valence-electron chi connectivity index (χ0n) is 14.4. The van der Waals surface area contributed by atoms with E-state index in [0.29, 0.717) is 11.6 Å². The van der Waals surface area contributed by atoms with Crippen molar-refractivity contribution in [2.75, 3.05) is 33.7 Å². The maximum absolute atomic E-state index is 12.6. The van der Waals surface area contributed by atoms with Gasteiger partial charge in [-0.1, -0.05) is 30.3 Å². The lowest BCUT2D eigenvalue weighted by molar-refractivity contribution is 0.0769. The van der Waals surface area contributed by atoms with Gasteiger partial charge in [0.2, 0.25) is 0 Å². The molecule has 2 aromatic rings. The summed E-state index contributed by atoms with van der Waals surface area (Å²) >= 11 is 1.59. The number of amides is 1. The van der Waals surface area contributed by atoms with E-state index >= 15 is 0 Å². The van der Waals surface area contributed by atoms with E-state index in [4.69, 9.17) is 0 Å². The predicted octanol–water partition coefficient (Wildman–Crippen LogP) is 2.95. The molecule has 0 saturated carbocycles. The van der Waals surface area contributed by atoms with Crippen LogP contribution in [0.1, 0.15) is 27.5 Å². The van der Waals surface area contributed by atoms with Crippen LogP contribution in [0.3, 0.4) is 0 Å². The van der Waals surface area contributed by atoms with E-state index in [-0.39, 0.29) is 5.91 Å². The molecule has 5 heteroatoms. The fourth-order valence-electron chi connectivity index (χ4n) is 3.26. The van der Waals surface area contributed by atoms with E-state index in [1.54, 1.807) is 11.3 Å². The molecule has 128 valence electrons. The summed E-state index contributed by atoms with van der Waals surface area (Å²) in [6.45, 7) is 3.03. The van der Waals surface area contributed by atoms with Gasteiger partial charge < -0.3 is 9.80 Å². The Bertz CT molecular complexity index is 670. The van der Waals surface area contributed by atoms with Crippen LogP contribution in [0, 0.1) is 5.92 Å². The number of carbonyl (C=O) groups excluding carboxylic acids is 1. The summed E-state index contributed by atoms with van der Waals surface area (Å²) in [7, 11) is 4.03. The summed E-state index contributed by atoms with van der Waals surface area (Å²) in [5.41, 5.74) is 1.90. The normalized spacial score (nSPS) is 18.0. The number of likely N-dealkylation sites (tertiary alicyclic amines) is 1. The standard InChI is InChI=1S/C19H25N3OS/c1-21-11-10-16(12-21)13-22(2)19(23)17-14-24-18(20-17)9-8-15-6-4-3-5-7-15/h3-7,14,16H,8-13H2,1-2H3/t16-/m0/s1. The van der Waals surface area contributed by atoms with Crippen LogP contribution < -0.4 is 0 Å². The largest absolute Gasteiger partial charge is 0.340 e. The van der Waals surface area contributed by atoms with Gasteiger partial charge in [0.05, 0.1) is 5.01 Å². The lowest BCUT2D eigenvalue weighted by Gasteiger charge is -2.20. The average Bonchev–Trinajstić information content (AvgIpc) is 3.22. The Kier molecular flexibility index (Phi) is 5.63. The molecule has 3 rings (SSSR count). The molecule has 1 fully saturated rings. The van der Waals surface area contributed by atoms with E-state index in [1.165, 1.54) is 12.0 Å². The van der Waals surface area contributed by atoms with Crippen molar-refractivity contribution < 1.29 is 4.79 Å². The van der Waals surface area contributed by atoms with Crippen molar-refractivity contribution in [3.8, 4) is 0 Å². The molecule has 24 heavy (non-hydrogen) atoms. The summed E-state index contributed by atoms with van der Waals surface area (Å²) in [5.74, 6) is 0.631. The molecule has 1 aliphatic rings. The number of carbonyl (C=O) groups is 1. The SMILES string of the molecule is CN1CC[C@H](CN(C)C(=O)c2csc(CCc3ccccc3)n2)C1. The zero-order chi connectivity index (χ0) is 16.9. The van der Waals surface area contributed by atoms with E-state index in [0.717, 1.165) is 37.5 Å². The minimum Gasteiger partial charge on any atom is -0.340 e. The lowest BCUT2D eigenvalue weighted by Crippen LogP contribution is -2.33. The topological polar surface area (TPSA) is 36.4 Å². The van der Waals surface area contributed by atoms with Gasteiger partial charge in [-0.2, -0.15) is 0 Å². The first-order chi connectivity index (χ1) is 11.6. The highest BCUT2D eigenvalue weighted by atomic mass is 32.1. The van der Waals surface area contributed by atoms with Crippen molar-refractivity contribution in [3.05, 3.63) is 52.0 Å². The molecule has 1 saturated heterocycles. The maximum Gasteiger partial charge on any atom is 0.273 e. The second-order valence-corrected chi connectivity index (χ2v) is 7.66. The van der Waals surface area contributed by atoms with E-state index < -0.39 is 0 Å². The van der Waals surface area contributed by atoms with Gasteiger partial charge in [-0.3, -0.25) is 4.79 Å². The Balaban J connectivity index is 1.53. The van der Waals surface area contributed by atoms with Crippen LogP contribution in [0.15, 0.2) is 35.7 Å². The Hall–Kier alpha value is -1.72. The molecule has 0 spiro atoms. The van der Waals surface area contributed by atoms with Crippen molar-refractivity contribution in [1.29, 1.82) is 0 Å². The second-order valence-electron chi connectivity index (χ2n) is 6.71. The van der Waals surface area contributed by atoms with Gasteiger partial charge in [0, 0.05) is 31.9 Å². The van der Waals surface area contributed by atoms with Crippen LogP contribution in [0.4, 0.5) is 0 Å². The summed E-state index contributed by atoms with van der Waals surface area (Å²) in [5, 5.41) is 2.94. The Labute approximate surface area is 148 Å². The van der Waals surface area contributed by atoms with Crippen molar-refractivity contribution in [2.24, 2.45) is 5.92 Å². The third kappa shape index (κ3) is 4.42. The monoisotopic (exact) mass is 343 g/mol. The minimum atomic E-state index is 0.0479. The van der Waals surface area contributed by atoms with Crippen molar-refractivity contribution >= 4 is 17.2 Å². The van der Waals surface area contributed by atoms with E-state index in [9.17, 15) is 4.79 Å². The fraction of sp³-hybridized carbons (Fsp3) is 0.474. The van der Waals surface area contributed by atoms with Crippen LogP contribution in [0.25, 0.3) is 0 Å². The fourth-order valence-corrected chi connectivity index (χ4v) is 4.03. The molecule has 0 N–H and O–H groups in total. The third-order valence-electron chi connectivity index (χ3n) is 4.61. The molecule has 1 aliphatic heterocycles. The number of hydrogen-bond acceptors (Lipinski definition) is 4. The Morgan fingerprint density at radius 1 is 1.33 bits per heavy atom. The minimum absolute atomic E-state index is 0.0479. The molecule has 0 bridgehead atoms. The highest BCUT2D eigenvalue weighted by Crippen LogP contribution is 2.18. The van der Waals surface area contributed by atoms with Crippen LogP contribution >= 0.6 is 11.3 Å². The van der Waals surface area contributed by atoms with Gasteiger partial charge >= 0.3 is 0 Å². The molecule has 2 heterocycles. The molecular weight excluding hydrogens is 318 g/mol. The molecule has 1 amide bonds. The zero-order valence-corrected chi connectivity index (χ0v) is 15.3. The molecule has 0 radical (unpaired) electrons. The van der Waals surface area contributed by atoms with Gasteiger partial charge in [0.1, 0.15) is 5.69 Å². The van der Waals surface area contributed by atoms with Crippen LogP contribution in [0.2, 0.25) is 0 Å². The summed E-state index contributed by atoms with van der Waals surface area (Å²) in [6.07, 6.45) is 3.03. The van der Waals surface area contributed by atoms with Crippen molar-refractivity contribution in [3.63, 3.8) is 0 Å². The predicted molar refractivity (Wildman–Crippen MR) is 98.5 cm³/mol. The summed E-state index contributed by atoms with van der Waals surface area (Å²) < 4.78 is 0. The Morgan fingerprint density at radius 3 is 2.83 bits per heavy atom. The number of thiazole rings is 1. The quantitative estimate of drug-likeness (QED) is 0.809. The van der Waals surface area contributed by atoms with Gasteiger partial charge in [-0.25, -0.2) is 4.98 Å². The Morgan fingerprint density at radius 2 is 2.12 bits per heavy atom. The summed E-state index contributed by atoms with van der Waals surface area (Å²) in [4.78, 5) is 21.3. The van der Waals surface area contributed by atoms with Crippen molar-refractivity contribution in [2.45, 2.75) is 19.3 Å². The van der Waals surface area contributed by atoms with Gasteiger partial charge in [-0.15, -0.1) is 11.3 Å². The van der Waals surface area contributed by atoms with Crippen LogP contribution in [0.5, 0.6) is 0 Å². The number of aryl methyl sites for hydroxylation is 2. The van der Waals surface area contributed by atoms with E-state index in [2.05, 4.69) is 41.2 Å². The molecule has 1 aromatic heterocycles. The van der Waals surface area contributed by atoms with Crippen LogP contribution in [-0.2, 0) is 12.8 Å². The number of rotatable bonds is 6. The van der Waals surface area contributed by atoms with Crippen LogP contribution in [-0.4, -0.2) is 54.4 Å². The first kappa shape index (κ1) is 17.1. The van der Waals surface area contributed by atoms with Crippen molar-refractivity contribution in [1.82, 2.24) is 14.8 Å². The first-order valence-corrected chi connectivity index (χ1v) is 9.42. The summed E-state index contributed by atoms with van der Waals surface area (Å²) in [6, 6.07) is 10.4. The number of hydrogen-bond donors (Lipinski definition) is 0. The molecule has 1 aromatic carbocycles. The average molecular weight is 343 g/mol. The smallest absolute Gasteiger partial charge is 0.273 e. The van der Waals surface area contributed by atoms with Gasteiger partial charge in [-0.05, 0) is 37.9 Å². The maximum atomic E-state index is 12.6. The highest BCUT2D eigenvalue weighted by molar-refractivity contribution is 7.09. The number of aromatic nitrogens is 1. The second kappa shape index (κ2) is 7.90. The molecule has 0 unspecified atom stereocenters.